The van der Waals surface area contributed by atoms with Crippen molar-refractivity contribution in [3.8, 4) is 0 Å². The Kier molecular flexibility index (Phi) is 3.41. The van der Waals surface area contributed by atoms with Crippen LogP contribution in [0.1, 0.15) is 31.4 Å². The lowest BCUT2D eigenvalue weighted by Gasteiger charge is -2.04. The van der Waals surface area contributed by atoms with Crippen LogP contribution < -0.4 is 0 Å². The van der Waals surface area contributed by atoms with Crippen molar-refractivity contribution in [2.75, 3.05) is 6.61 Å². The van der Waals surface area contributed by atoms with Gasteiger partial charge < -0.3 is 4.74 Å². The minimum absolute atomic E-state index is 0.194. The third-order valence-corrected chi connectivity index (χ3v) is 2.95. The van der Waals surface area contributed by atoms with Crippen molar-refractivity contribution in [3.05, 3.63) is 34.3 Å². The molecule has 1 aromatic rings. The maximum absolute atomic E-state index is 5.53. The summed E-state index contributed by atoms with van der Waals surface area (Å²) in [6.45, 7) is 2.83. The van der Waals surface area contributed by atoms with Gasteiger partial charge in [-0.2, -0.15) is 0 Å². The van der Waals surface area contributed by atoms with Crippen molar-refractivity contribution in [1.82, 2.24) is 0 Å². The zero-order chi connectivity index (χ0) is 10.7. The van der Waals surface area contributed by atoms with Gasteiger partial charge in [0.2, 0.25) is 0 Å². The zero-order valence-corrected chi connectivity index (χ0v) is 10.3. The summed E-state index contributed by atoms with van der Waals surface area (Å²) in [5, 5.41) is 0. The van der Waals surface area contributed by atoms with Crippen LogP contribution in [0.25, 0.3) is 0 Å². The Balaban J connectivity index is 2.10. The molecule has 2 nitrogen and oxygen atoms in total. The third-order valence-electron chi connectivity index (χ3n) is 2.43. The number of aliphatic imine (C=N–C) groups is 1. The molecule has 1 aliphatic rings. The molecule has 0 bridgehead atoms. The van der Waals surface area contributed by atoms with E-state index in [4.69, 9.17) is 4.74 Å². The van der Waals surface area contributed by atoms with Gasteiger partial charge in [-0.25, -0.2) is 4.99 Å². The van der Waals surface area contributed by atoms with E-state index in [2.05, 4.69) is 40.0 Å². The second-order valence-corrected chi connectivity index (χ2v) is 4.57. The molecule has 0 radical (unpaired) electrons. The smallest absolute Gasteiger partial charge is 0.183 e. The molecule has 1 aliphatic heterocycles. The predicted octanol–water partition coefficient (Wildman–Crippen LogP) is 3.72. The van der Waals surface area contributed by atoms with E-state index in [0.29, 0.717) is 6.61 Å². The van der Waals surface area contributed by atoms with E-state index in [1.165, 1.54) is 5.56 Å². The van der Waals surface area contributed by atoms with Gasteiger partial charge in [-0.3, -0.25) is 0 Å². The summed E-state index contributed by atoms with van der Waals surface area (Å²) < 4.78 is 6.63. The number of benzene rings is 1. The van der Waals surface area contributed by atoms with Crippen LogP contribution >= 0.6 is 15.9 Å². The van der Waals surface area contributed by atoms with E-state index in [-0.39, 0.29) is 6.04 Å². The molecule has 0 aromatic heterocycles. The highest BCUT2D eigenvalue weighted by Gasteiger charge is 2.19. The molecule has 0 N–H and O–H groups in total. The van der Waals surface area contributed by atoms with E-state index in [1.54, 1.807) is 0 Å². The molecule has 0 aliphatic carbocycles. The number of ether oxygens (including phenoxy) is 1. The molecular formula is C12H14BrNO. The Labute approximate surface area is 98.5 Å². The Morgan fingerprint density at radius 2 is 2.13 bits per heavy atom. The molecule has 2 rings (SSSR count). The SMILES string of the molecule is CCCC1=NC(c2ccc(Br)cc2)CO1. The van der Waals surface area contributed by atoms with Crippen LogP contribution in [0.3, 0.4) is 0 Å². The van der Waals surface area contributed by atoms with Crippen molar-refractivity contribution < 1.29 is 4.74 Å². The van der Waals surface area contributed by atoms with Crippen LogP contribution in [0.15, 0.2) is 33.7 Å². The topological polar surface area (TPSA) is 21.6 Å². The monoisotopic (exact) mass is 267 g/mol. The maximum Gasteiger partial charge on any atom is 0.183 e. The lowest BCUT2D eigenvalue weighted by molar-refractivity contribution is 0.311. The molecule has 1 heterocycles. The minimum Gasteiger partial charge on any atom is -0.478 e. The van der Waals surface area contributed by atoms with E-state index < -0.39 is 0 Å². The molecule has 0 spiro atoms. The predicted molar refractivity (Wildman–Crippen MR) is 65.2 cm³/mol. The van der Waals surface area contributed by atoms with Crippen molar-refractivity contribution in [2.24, 2.45) is 4.99 Å². The fraction of sp³-hybridized carbons (Fsp3) is 0.417. The van der Waals surface area contributed by atoms with E-state index in [0.717, 1.165) is 23.2 Å². The Morgan fingerprint density at radius 3 is 2.80 bits per heavy atom. The summed E-state index contributed by atoms with van der Waals surface area (Å²) in [6.07, 6.45) is 2.04. The first-order valence-corrected chi connectivity index (χ1v) is 6.04. The third kappa shape index (κ3) is 2.59. The lowest BCUT2D eigenvalue weighted by atomic mass is 10.1. The van der Waals surface area contributed by atoms with Crippen molar-refractivity contribution in [3.63, 3.8) is 0 Å². The largest absolute Gasteiger partial charge is 0.478 e. The van der Waals surface area contributed by atoms with Crippen LogP contribution in [0, 0.1) is 0 Å². The van der Waals surface area contributed by atoms with Gasteiger partial charge in [-0.05, 0) is 24.1 Å². The first-order chi connectivity index (χ1) is 7.29. The summed E-state index contributed by atoms with van der Waals surface area (Å²) in [7, 11) is 0. The molecule has 1 aromatic carbocycles. The van der Waals surface area contributed by atoms with E-state index >= 15 is 0 Å². The maximum atomic E-state index is 5.53. The molecule has 1 atom stereocenters. The lowest BCUT2D eigenvalue weighted by Crippen LogP contribution is -1.98. The van der Waals surface area contributed by atoms with Crippen molar-refractivity contribution in [2.45, 2.75) is 25.8 Å². The molecule has 15 heavy (non-hydrogen) atoms. The van der Waals surface area contributed by atoms with Crippen LogP contribution in [-0.2, 0) is 4.74 Å². The first kappa shape index (κ1) is 10.7. The summed E-state index contributed by atoms with van der Waals surface area (Å²) in [5.41, 5.74) is 1.23. The van der Waals surface area contributed by atoms with Gasteiger partial charge in [0.1, 0.15) is 12.6 Å². The van der Waals surface area contributed by atoms with Crippen LogP contribution in [-0.4, -0.2) is 12.5 Å². The Bertz CT molecular complexity index is 358. The van der Waals surface area contributed by atoms with Crippen LogP contribution in [0.4, 0.5) is 0 Å². The first-order valence-electron chi connectivity index (χ1n) is 5.24. The number of hydrogen-bond acceptors (Lipinski definition) is 2. The molecular weight excluding hydrogens is 254 g/mol. The van der Waals surface area contributed by atoms with Gasteiger partial charge >= 0.3 is 0 Å². The Hall–Kier alpha value is -0.830. The van der Waals surface area contributed by atoms with E-state index in [9.17, 15) is 0 Å². The zero-order valence-electron chi connectivity index (χ0n) is 8.74. The molecule has 0 fully saturated rings. The highest BCUT2D eigenvalue weighted by atomic mass is 79.9. The second-order valence-electron chi connectivity index (χ2n) is 3.65. The van der Waals surface area contributed by atoms with E-state index in [1.807, 2.05) is 12.1 Å². The molecule has 0 amide bonds. The van der Waals surface area contributed by atoms with Gasteiger partial charge in [0.25, 0.3) is 0 Å². The minimum atomic E-state index is 0.194. The fourth-order valence-corrected chi connectivity index (χ4v) is 1.89. The summed E-state index contributed by atoms with van der Waals surface area (Å²) in [6, 6.07) is 8.47. The van der Waals surface area contributed by atoms with Crippen molar-refractivity contribution in [1.29, 1.82) is 0 Å². The molecule has 0 saturated carbocycles. The number of hydrogen-bond donors (Lipinski definition) is 0. The molecule has 1 unspecified atom stereocenters. The standard InChI is InChI=1S/C12H14BrNO/c1-2-3-12-14-11(8-15-12)9-4-6-10(13)7-5-9/h4-7,11H,2-3,8H2,1H3. The molecule has 0 saturated heterocycles. The summed E-state index contributed by atoms with van der Waals surface area (Å²) in [4.78, 5) is 4.56. The number of halogens is 1. The average molecular weight is 268 g/mol. The van der Waals surface area contributed by atoms with Gasteiger partial charge in [0.05, 0.1) is 0 Å². The Morgan fingerprint density at radius 1 is 1.40 bits per heavy atom. The summed E-state index contributed by atoms with van der Waals surface area (Å²) >= 11 is 3.42. The normalized spacial score (nSPS) is 19.9. The molecule has 3 heteroatoms. The second kappa shape index (κ2) is 4.79. The quantitative estimate of drug-likeness (QED) is 0.818. The van der Waals surface area contributed by atoms with Gasteiger partial charge in [0, 0.05) is 10.9 Å². The molecule has 80 valence electrons. The fourth-order valence-electron chi connectivity index (χ4n) is 1.63. The summed E-state index contributed by atoms with van der Waals surface area (Å²) in [5.74, 6) is 0.908. The highest BCUT2D eigenvalue weighted by Crippen LogP contribution is 2.25. The number of rotatable bonds is 3. The van der Waals surface area contributed by atoms with Gasteiger partial charge in [-0.15, -0.1) is 0 Å². The van der Waals surface area contributed by atoms with Gasteiger partial charge in [-0.1, -0.05) is 35.0 Å². The van der Waals surface area contributed by atoms with Crippen LogP contribution in [0.5, 0.6) is 0 Å². The van der Waals surface area contributed by atoms with Gasteiger partial charge in [0.15, 0.2) is 5.90 Å². The highest BCUT2D eigenvalue weighted by molar-refractivity contribution is 9.10. The van der Waals surface area contributed by atoms with Crippen molar-refractivity contribution >= 4 is 21.8 Å². The number of nitrogens with zero attached hydrogens (tertiary/aromatic N) is 1. The van der Waals surface area contributed by atoms with Crippen LogP contribution in [0.2, 0.25) is 0 Å². The average Bonchev–Trinajstić information content (AvgIpc) is 2.68.